The Kier molecular flexibility index (Phi) is 5.86. The third-order valence-electron chi connectivity index (χ3n) is 4.12. The van der Waals surface area contributed by atoms with Gasteiger partial charge in [0, 0.05) is 17.5 Å². The molecule has 1 saturated heterocycles. The van der Waals surface area contributed by atoms with Gasteiger partial charge in [-0.25, -0.2) is 4.79 Å². The molecular formula is C17H21ClNO3-. The molecule has 3 rings (SSSR count). The number of rotatable bonds is 4. The van der Waals surface area contributed by atoms with E-state index in [9.17, 15) is 4.79 Å². The molecule has 22 heavy (non-hydrogen) atoms. The Morgan fingerprint density at radius 3 is 2.68 bits per heavy atom. The van der Waals surface area contributed by atoms with Gasteiger partial charge in [0.05, 0.1) is 0 Å². The van der Waals surface area contributed by atoms with Crippen molar-refractivity contribution in [2.45, 2.75) is 26.2 Å². The molecule has 0 atom stereocenters. The number of hydrogen-bond donors (Lipinski definition) is 0. The second kappa shape index (κ2) is 7.65. The number of nitrogens with zero attached hydrogens (tertiary/aromatic N) is 1. The van der Waals surface area contributed by atoms with Crippen molar-refractivity contribution in [1.82, 2.24) is 4.90 Å². The van der Waals surface area contributed by atoms with Gasteiger partial charge in [-0.15, -0.1) is 0 Å². The number of carbonyl (C=O) groups excluding carboxylic acids is 1. The van der Waals surface area contributed by atoms with E-state index in [0.717, 1.165) is 36.2 Å². The molecule has 0 unspecified atom stereocenters. The van der Waals surface area contributed by atoms with Gasteiger partial charge in [0.25, 0.3) is 0 Å². The Morgan fingerprint density at radius 2 is 1.95 bits per heavy atom. The normalized spacial score (nSPS) is 15.5. The molecule has 0 bridgehead atoms. The van der Waals surface area contributed by atoms with Gasteiger partial charge in [-0.3, -0.25) is 4.90 Å². The lowest BCUT2D eigenvalue weighted by atomic mass is 10.1. The van der Waals surface area contributed by atoms with E-state index < -0.39 is 0 Å². The number of esters is 1. The average Bonchev–Trinajstić information content (AvgIpc) is 2.86. The summed E-state index contributed by atoms with van der Waals surface area (Å²) in [4.78, 5) is 14.5. The first-order valence-electron chi connectivity index (χ1n) is 7.63. The number of para-hydroxylation sites is 1. The highest BCUT2D eigenvalue weighted by atomic mass is 35.5. The molecule has 2 aromatic rings. The standard InChI is InChI=1S/C17H21NO3.ClH/c1-13-14-7-3-4-8-15(14)21-16(13)17(19)20-12-11-18-9-5-2-6-10-18;/h3-4,7-8H,2,5-6,9-12H2,1H3;1H/p-1. The molecule has 0 aliphatic carbocycles. The summed E-state index contributed by atoms with van der Waals surface area (Å²) in [5.41, 5.74) is 1.59. The van der Waals surface area contributed by atoms with E-state index in [1.54, 1.807) is 0 Å². The Balaban J connectivity index is 0.00000176. The molecule has 120 valence electrons. The van der Waals surface area contributed by atoms with Gasteiger partial charge in [0.2, 0.25) is 5.76 Å². The molecule has 0 saturated carbocycles. The van der Waals surface area contributed by atoms with Crippen LogP contribution in [-0.2, 0) is 4.74 Å². The lowest BCUT2D eigenvalue weighted by molar-refractivity contribution is -0.0000240. The summed E-state index contributed by atoms with van der Waals surface area (Å²) in [5.74, 6) is -0.0319. The summed E-state index contributed by atoms with van der Waals surface area (Å²) in [7, 11) is 0. The molecular weight excluding hydrogens is 302 g/mol. The monoisotopic (exact) mass is 322 g/mol. The molecule has 1 fully saturated rings. The minimum absolute atomic E-state index is 0. The molecule has 1 aliphatic heterocycles. The van der Waals surface area contributed by atoms with Crippen molar-refractivity contribution in [3.05, 3.63) is 35.6 Å². The molecule has 1 aliphatic rings. The molecule has 4 nitrogen and oxygen atoms in total. The zero-order valence-electron chi connectivity index (χ0n) is 12.8. The maximum absolute atomic E-state index is 12.1. The van der Waals surface area contributed by atoms with Crippen LogP contribution in [0.2, 0.25) is 0 Å². The maximum Gasteiger partial charge on any atom is 0.374 e. The molecule has 1 aromatic heterocycles. The summed E-state index contributed by atoms with van der Waals surface area (Å²) >= 11 is 0. The van der Waals surface area contributed by atoms with Gasteiger partial charge in [-0.05, 0) is 38.9 Å². The SMILES string of the molecule is Cc1c(C(=O)OCCN2CCCCC2)oc2ccccc12.[Cl-]. The van der Waals surface area contributed by atoms with Crippen LogP contribution in [0.5, 0.6) is 0 Å². The summed E-state index contributed by atoms with van der Waals surface area (Å²) in [6, 6.07) is 7.67. The van der Waals surface area contributed by atoms with Crippen LogP contribution >= 0.6 is 0 Å². The van der Waals surface area contributed by atoms with Gasteiger partial charge >= 0.3 is 5.97 Å². The summed E-state index contributed by atoms with van der Waals surface area (Å²) in [6.07, 6.45) is 3.81. The largest absolute Gasteiger partial charge is 1.00 e. The second-order valence-electron chi connectivity index (χ2n) is 5.59. The van der Waals surface area contributed by atoms with Gasteiger partial charge in [0.15, 0.2) is 0 Å². The summed E-state index contributed by atoms with van der Waals surface area (Å²) in [6.45, 7) is 5.36. The highest BCUT2D eigenvalue weighted by Gasteiger charge is 2.19. The number of piperidine rings is 1. The lowest BCUT2D eigenvalue weighted by Crippen LogP contribution is -3.00. The van der Waals surface area contributed by atoms with Crippen molar-refractivity contribution in [1.29, 1.82) is 0 Å². The summed E-state index contributed by atoms with van der Waals surface area (Å²) in [5, 5.41) is 0.973. The third-order valence-corrected chi connectivity index (χ3v) is 4.12. The van der Waals surface area contributed by atoms with E-state index in [1.165, 1.54) is 19.3 Å². The Labute approximate surface area is 136 Å². The van der Waals surface area contributed by atoms with Crippen LogP contribution in [0.25, 0.3) is 11.0 Å². The van der Waals surface area contributed by atoms with E-state index in [1.807, 2.05) is 31.2 Å². The molecule has 5 heteroatoms. The molecule has 1 aromatic carbocycles. The quantitative estimate of drug-likeness (QED) is 0.764. The fourth-order valence-corrected chi connectivity index (χ4v) is 2.89. The van der Waals surface area contributed by atoms with Crippen molar-refractivity contribution in [3.63, 3.8) is 0 Å². The van der Waals surface area contributed by atoms with E-state index >= 15 is 0 Å². The number of aryl methyl sites for hydroxylation is 1. The molecule has 0 radical (unpaired) electrons. The minimum atomic E-state index is -0.360. The first kappa shape index (κ1) is 16.8. The maximum atomic E-state index is 12.1. The number of carbonyl (C=O) groups is 1. The fraction of sp³-hybridized carbons (Fsp3) is 0.471. The first-order valence-corrected chi connectivity index (χ1v) is 7.63. The zero-order chi connectivity index (χ0) is 14.7. The van der Waals surface area contributed by atoms with Crippen molar-refractivity contribution in [2.24, 2.45) is 0 Å². The lowest BCUT2D eigenvalue weighted by Gasteiger charge is -2.25. The minimum Gasteiger partial charge on any atom is -1.00 e. The fourth-order valence-electron chi connectivity index (χ4n) is 2.89. The number of fused-ring (bicyclic) bond motifs is 1. The van der Waals surface area contributed by atoms with Crippen LogP contribution in [0.3, 0.4) is 0 Å². The molecule has 0 spiro atoms. The van der Waals surface area contributed by atoms with Crippen LogP contribution in [0.1, 0.15) is 35.4 Å². The van der Waals surface area contributed by atoms with Crippen molar-refractivity contribution < 1.29 is 26.4 Å². The van der Waals surface area contributed by atoms with E-state index in [0.29, 0.717) is 12.4 Å². The Bertz CT molecular complexity index is 632. The second-order valence-corrected chi connectivity index (χ2v) is 5.59. The number of hydrogen-bond acceptors (Lipinski definition) is 4. The van der Waals surface area contributed by atoms with Crippen LogP contribution in [0.4, 0.5) is 0 Å². The number of furan rings is 1. The molecule has 0 N–H and O–H groups in total. The van der Waals surface area contributed by atoms with Crippen molar-refractivity contribution >= 4 is 16.9 Å². The highest BCUT2D eigenvalue weighted by molar-refractivity contribution is 5.95. The molecule has 0 amide bonds. The van der Waals surface area contributed by atoms with Crippen molar-refractivity contribution in [2.75, 3.05) is 26.2 Å². The van der Waals surface area contributed by atoms with Crippen LogP contribution in [0.15, 0.2) is 28.7 Å². The summed E-state index contributed by atoms with van der Waals surface area (Å²) < 4.78 is 11.0. The topological polar surface area (TPSA) is 42.7 Å². The zero-order valence-corrected chi connectivity index (χ0v) is 13.6. The first-order chi connectivity index (χ1) is 10.3. The van der Waals surface area contributed by atoms with Crippen LogP contribution in [-0.4, -0.2) is 37.1 Å². The number of halogens is 1. The number of benzene rings is 1. The Morgan fingerprint density at radius 1 is 1.23 bits per heavy atom. The van der Waals surface area contributed by atoms with E-state index in [-0.39, 0.29) is 18.4 Å². The van der Waals surface area contributed by atoms with E-state index in [2.05, 4.69) is 4.90 Å². The molecule has 2 heterocycles. The van der Waals surface area contributed by atoms with Gasteiger partial charge < -0.3 is 21.6 Å². The van der Waals surface area contributed by atoms with Gasteiger partial charge in [-0.2, -0.15) is 0 Å². The predicted molar refractivity (Wildman–Crippen MR) is 81.5 cm³/mol. The van der Waals surface area contributed by atoms with Gasteiger partial charge in [0.1, 0.15) is 12.2 Å². The number of ether oxygens (including phenoxy) is 1. The average molecular weight is 323 g/mol. The Hall–Kier alpha value is -1.52. The van der Waals surface area contributed by atoms with E-state index in [4.69, 9.17) is 9.15 Å². The van der Waals surface area contributed by atoms with Crippen molar-refractivity contribution in [3.8, 4) is 0 Å². The smallest absolute Gasteiger partial charge is 0.374 e. The third kappa shape index (κ3) is 3.62. The van der Waals surface area contributed by atoms with Crippen LogP contribution in [0, 0.1) is 6.92 Å². The highest BCUT2D eigenvalue weighted by Crippen LogP contribution is 2.25. The van der Waals surface area contributed by atoms with Crippen LogP contribution < -0.4 is 12.4 Å². The van der Waals surface area contributed by atoms with Gasteiger partial charge in [-0.1, -0.05) is 24.6 Å². The predicted octanol–water partition coefficient (Wildman–Crippen LogP) is 0.388. The number of likely N-dealkylation sites (tertiary alicyclic amines) is 1.